The Morgan fingerprint density at radius 1 is 1.26 bits per heavy atom. The molecule has 2 aromatic carbocycles. The second kappa shape index (κ2) is 8.03. The Balaban J connectivity index is 1.77. The highest BCUT2D eigenvalue weighted by Gasteiger charge is 2.23. The average molecular weight is 367 g/mol. The van der Waals surface area contributed by atoms with Crippen LogP contribution in [0.4, 0.5) is 4.39 Å². The van der Waals surface area contributed by atoms with Crippen molar-refractivity contribution in [3.05, 3.63) is 83.2 Å². The Morgan fingerprint density at radius 3 is 2.70 bits per heavy atom. The molecule has 1 unspecified atom stereocenters. The van der Waals surface area contributed by atoms with E-state index in [0.29, 0.717) is 17.1 Å². The molecule has 0 radical (unpaired) electrons. The minimum atomic E-state index is -0.707. The zero-order valence-electron chi connectivity index (χ0n) is 15.6. The van der Waals surface area contributed by atoms with Crippen LogP contribution in [0, 0.1) is 19.7 Å². The van der Waals surface area contributed by atoms with E-state index in [0.717, 1.165) is 11.1 Å². The number of hydrogen-bond donors (Lipinski definition) is 1. The third kappa shape index (κ3) is 4.34. The Labute approximate surface area is 157 Å². The molecule has 0 saturated heterocycles. The first kappa shape index (κ1) is 18.6. The van der Waals surface area contributed by atoms with Gasteiger partial charge in [0, 0.05) is 25.0 Å². The van der Waals surface area contributed by atoms with Crippen LogP contribution < -0.4 is 10.1 Å². The van der Waals surface area contributed by atoms with E-state index < -0.39 is 11.9 Å². The summed E-state index contributed by atoms with van der Waals surface area (Å²) in [5.74, 6) is 0.433. The molecule has 1 heterocycles. The van der Waals surface area contributed by atoms with Crippen molar-refractivity contribution in [2.24, 2.45) is 7.05 Å². The van der Waals surface area contributed by atoms with Gasteiger partial charge in [-0.25, -0.2) is 9.37 Å². The number of rotatable bonds is 6. The predicted octanol–water partition coefficient (Wildman–Crippen LogP) is 3.46. The first-order chi connectivity index (χ1) is 13.0. The molecule has 1 N–H and O–H groups in total. The lowest BCUT2D eigenvalue weighted by Crippen LogP contribution is -2.35. The molecule has 27 heavy (non-hydrogen) atoms. The number of carbonyl (C=O) groups excluding carboxylic acids is 1. The molecule has 1 aromatic heterocycles. The number of halogens is 1. The summed E-state index contributed by atoms with van der Waals surface area (Å²) < 4.78 is 21.7. The van der Waals surface area contributed by atoms with Crippen LogP contribution in [0.15, 0.2) is 54.9 Å². The summed E-state index contributed by atoms with van der Waals surface area (Å²) in [6.07, 6.45) is 3.36. The standard InChI is InChI=1S/C21H22FN3O2/c1-14-8-9-18(15(2)12-14)27-13-19(26)24-20(21-23-10-11-25(21)3)16-6-4-5-7-17(16)22/h4-12,20H,13H2,1-3H3,(H,24,26). The Hall–Kier alpha value is -3.15. The van der Waals surface area contributed by atoms with E-state index in [2.05, 4.69) is 10.3 Å². The van der Waals surface area contributed by atoms with Crippen molar-refractivity contribution < 1.29 is 13.9 Å². The number of nitrogens with one attached hydrogen (secondary N) is 1. The van der Waals surface area contributed by atoms with Gasteiger partial charge < -0.3 is 14.6 Å². The van der Waals surface area contributed by atoms with Crippen LogP contribution in [0.3, 0.4) is 0 Å². The number of carbonyl (C=O) groups is 1. The van der Waals surface area contributed by atoms with Crippen LogP contribution in [-0.2, 0) is 11.8 Å². The van der Waals surface area contributed by atoms with Gasteiger partial charge in [0.25, 0.3) is 5.91 Å². The zero-order chi connectivity index (χ0) is 19.4. The summed E-state index contributed by atoms with van der Waals surface area (Å²) >= 11 is 0. The quantitative estimate of drug-likeness (QED) is 0.726. The van der Waals surface area contributed by atoms with Gasteiger partial charge >= 0.3 is 0 Å². The lowest BCUT2D eigenvalue weighted by Gasteiger charge is -2.20. The topological polar surface area (TPSA) is 56.1 Å². The molecule has 1 amide bonds. The molecule has 0 fully saturated rings. The first-order valence-electron chi connectivity index (χ1n) is 8.67. The van der Waals surface area contributed by atoms with Crippen LogP contribution in [0.1, 0.15) is 28.6 Å². The van der Waals surface area contributed by atoms with Gasteiger partial charge in [-0.15, -0.1) is 0 Å². The largest absolute Gasteiger partial charge is 0.484 e. The maximum Gasteiger partial charge on any atom is 0.258 e. The summed E-state index contributed by atoms with van der Waals surface area (Å²) in [6.45, 7) is 3.75. The van der Waals surface area contributed by atoms with Gasteiger partial charge in [-0.05, 0) is 31.5 Å². The minimum Gasteiger partial charge on any atom is -0.484 e. The number of aryl methyl sites for hydroxylation is 3. The number of imidazole rings is 1. The van der Waals surface area contributed by atoms with E-state index in [1.807, 2.05) is 32.0 Å². The van der Waals surface area contributed by atoms with E-state index in [1.165, 1.54) is 6.07 Å². The third-order valence-electron chi connectivity index (χ3n) is 4.33. The molecule has 0 aliphatic rings. The number of nitrogens with zero attached hydrogens (tertiary/aromatic N) is 2. The minimum absolute atomic E-state index is 0.167. The highest BCUT2D eigenvalue weighted by atomic mass is 19.1. The fourth-order valence-corrected chi connectivity index (χ4v) is 2.95. The van der Waals surface area contributed by atoms with Gasteiger partial charge in [-0.1, -0.05) is 35.9 Å². The monoisotopic (exact) mass is 367 g/mol. The van der Waals surface area contributed by atoms with Crippen molar-refractivity contribution in [3.8, 4) is 5.75 Å². The van der Waals surface area contributed by atoms with Gasteiger partial charge in [0.1, 0.15) is 23.4 Å². The van der Waals surface area contributed by atoms with Crippen LogP contribution >= 0.6 is 0 Å². The SMILES string of the molecule is Cc1ccc(OCC(=O)NC(c2ccccc2F)c2nccn2C)c(C)c1. The van der Waals surface area contributed by atoms with Gasteiger partial charge in [0.2, 0.25) is 0 Å². The summed E-state index contributed by atoms with van der Waals surface area (Å²) in [4.78, 5) is 16.8. The molecule has 140 valence electrons. The van der Waals surface area contributed by atoms with Gasteiger partial charge in [0.15, 0.2) is 6.61 Å². The molecule has 3 rings (SSSR count). The molecule has 0 saturated carbocycles. The molecule has 0 aliphatic heterocycles. The van der Waals surface area contributed by atoms with Crippen molar-refractivity contribution in [1.29, 1.82) is 0 Å². The summed E-state index contributed by atoms with van der Waals surface area (Å²) in [7, 11) is 1.80. The van der Waals surface area contributed by atoms with Gasteiger partial charge in [0.05, 0.1) is 0 Å². The normalized spacial score (nSPS) is 11.9. The van der Waals surface area contributed by atoms with Crippen LogP contribution in [-0.4, -0.2) is 22.1 Å². The van der Waals surface area contributed by atoms with E-state index in [-0.39, 0.29) is 12.5 Å². The summed E-state index contributed by atoms with van der Waals surface area (Å²) in [5.41, 5.74) is 2.43. The number of amides is 1. The fraction of sp³-hybridized carbons (Fsp3) is 0.238. The maximum atomic E-state index is 14.3. The smallest absolute Gasteiger partial charge is 0.258 e. The first-order valence-corrected chi connectivity index (χ1v) is 8.67. The number of benzene rings is 2. The van der Waals surface area contributed by atoms with Gasteiger partial charge in [-0.2, -0.15) is 0 Å². The van der Waals surface area contributed by atoms with Crippen molar-refractivity contribution in [1.82, 2.24) is 14.9 Å². The maximum absolute atomic E-state index is 14.3. The Morgan fingerprint density at radius 2 is 2.04 bits per heavy atom. The molecular weight excluding hydrogens is 345 g/mol. The molecule has 5 nitrogen and oxygen atoms in total. The summed E-state index contributed by atoms with van der Waals surface area (Å²) in [6, 6.07) is 11.4. The number of hydrogen-bond acceptors (Lipinski definition) is 3. The van der Waals surface area contributed by atoms with Crippen molar-refractivity contribution in [3.63, 3.8) is 0 Å². The lowest BCUT2D eigenvalue weighted by atomic mass is 10.1. The summed E-state index contributed by atoms with van der Waals surface area (Å²) in [5, 5.41) is 2.83. The Bertz CT molecular complexity index is 952. The molecule has 0 bridgehead atoms. The molecule has 6 heteroatoms. The van der Waals surface area contributed by atoms with Crippen molar-refractivity contribution >= 4 is 5.91 Å². The van der Waals surface area contributed by atoms with E-state index >= 15 is 0 Å². The molecule has 0 aliphatic carbocycles. The molecular formula is C21H22FN3O2. The van der Waals surface area contributed by atoms with Crippen LogP contribution in [0.25, 0.3) is 0 Å². The van der Waals surface area contributed by atoms with E-state index in [9.17, 15) is 9.18 Å². The van der Waals surface area contributed by atoms with Crippen LogP contribution in [0.5, 0.6) is 5.75 Å². The van der Waals surface area contributed by atoms with E-state index in [1.54, 1.807) is 42.2 Å². The zero-order valence-corrected chi connectivity index (χ0v) is 15.6. The fourth-order valence-electron chi connectivity index (χ4n) is 2.95. The second-order valence-electron chi connectivity index (χ2n) is 6.48. The van der Waals surface area contributed by atoms with Crippen LogP contribution in [0.2, 0.25) is 0 Å². The second-order valence-corrected chi connectivity index (χ2v) is 6.48. The van der Waals surface area contributed by atoms with Gasteiger partial charge in [-0.3, -0.25) is 4.79 Å². The predicted molar refractivity (Wildman–Crippen MR) is 101 cm³/mol. The van der Waals surface area contributed by atoms with Crippen molar-refractivity contribution in [2.45, 2.75) is 19.9 Å². The highest BCUT2D eigenvalue weighted by Crippen LogP contribution is 2.23. The lowest BCUT2D eigenvalue weighted by molar-refractivity contribution is -0.123. The molecule has 1 atom stereocenters. The average Bonchev–Trinajstić information content (AvgIpc) is 3.05. The molecule has 3 aromatic rings. The number of ether oxygens (including phenoxy) is 1. The third-order valence-corrected chi connectivity index (χ3v) is 4.33. The molecule has 0 spiro atoms. The van der Waals surface area contributed by atoms with Crippen molar-refractivity contribution in [2.75, 3.05) is 6.61 Å². The van der Waals surface area contributed by atoms with E-state index in [4.69, 9.17) is 4.74 Å². The highest BCUT2D eigenvalue weighted by molar-refractivity contribution is 5.78. The Kier molecular flexibility index (Phi) is 5.54. The number of aromatic nitrogens is 2.